The average Bonchev–Trinajstić information content (AvgIpc) is 3.31. The van der Waals surface area contributed by atoms with Gasteiger partial charge in [-0.05, 0) is 131 Å². The zero-order chi connectivity index (χ0) is 33.2. The van der Waals surface area contributed by atoms with E-state index in [0.29, 0.717) is 41.1 Å². The van der Waals surface area contributed by atoms with Crippen LogP contribution in [0.3, 0.4) is 0 Å². The summed E-state index contributed by atoms with van der Waals surface area (Å²) in [6, 6.07) is 23.7. The Hall–Kier alpha value is -4.28. The molecule has 5 rings (SSSR count). The van der Waals surface area contributed by atoms with Crippen molar-refractivity contribution >= 4 is 46.5 Å². The van der Waals surface area contributed by atoms with Crippen molar-refractivity contribution in [1.82, 2.24) is 9.80 Å². The van der Waals surface area contributed by atoms with E-state index < -0.39 is 12.0 Å². The lowest BCUT2D eigenvalue weighted by atomic mass is 9.90. The molecule has 1 atom stereocenters. The molecule has 2 saturated heterocycles. The number of esters is 1. The van der Waals surface area contributed by atoms with E-state index in [-0.39, 0.29) is 24.8 Å². The predicted octanol–water partition coefficient (Wildman–Crippen LogP) is 5.94. The number of hydrogen-bond donors (Lipinski definition) is 1. The number of nitrogens with one attached hydrogen (secondary N) is 1. The minimum atomic E-state index is -0.744. The zero-order valence-electron chi connectivity index (χ0n) is 27.2. The summed E-state index contributed by atoms with van der Waals surface area (Å²) in [5.74, 6) is 0.448. The van der Waals surface area contributed by atoms with E-state index >= 15 is 0 Å². The molecule has 2 fully saturated rings. The van der Waals surface area contributed by atoms with Crippen LogP contribution in [0, 0.1) is 5.92 Å². The lowest BCUT2D eigenvalue weighted by molar-refractivity contribution is -0.124. The lowest BCUT2D eigenvalue weighted by Gasteiger charge is -2.33. The molecule has 2 heterocycles. The molecule has 0 aromatic heterocycles. The van der Waals surface area contributed by atoms with Gasteiger partial charge in [0, 0.05) is 12.2 Å². The van der Waals surface area contributed by atoms with Gasteiger partial charge in [0.1, 0.15) is 11.8 Å². The molecule has 2 amide bonds. The fourth-order valence-electron chi connectivity index (χ4n) is 6.30. The number of carbonyl (C=O) groups excluding carboxylic acids is 3. The Morgan fingerprint density at radius 2 is 1.60 bits per heavy atom. The fraction of sp³-hybridized carbons (Fsp3) is 0.405. The highest BCUT2D eigenvalue weighted by Crippen LogP contribution is 2.29. The van der Waals surface area contributed by atoms with Gasteiger partial charge in [-0.3, -0.25) is 14.5 Å². The van der Waals surface area contributed by atoms with E-state index in [0.717, 1.165) is 38.2 Å². The molecule has 0 saturated carbocycles. The van der Waals surface area contributed by atoms with Gasteiger partial charge >= 0.3 is 5.97 Å². The molecular weight excluding hydrogens is 612 g/mol. The van der Waals surface area contributed by atoms with Crippen molar-refractivity contribution < 1.29 is 23.9 Å². The summed E-state index contributed by atoms with van der Waals surface area (Å²) < 4.78 is 10.6. The minimum Gasteiger partial charge on any atom is -0.494 e. The van der Waals surface area contributed by atoms with Crippen LogP contribution < -0.4 is 15.0 Å². The molecule has 0 bridgehead atoms. The third-order valence-electron chi connectivity index (χ3n) is 8.73. The van der Waals surface area contributed by atoms with Crippen LogP contribution in [0.1, 0.15) is 55.5 Å². The highest BCUT2D eigenvalue weighted by molar-refractivity contribution is 7.80. The van der Waals surface area contributed by atoms with E-state index in [1.807, 2.05) is 11.8 Å². The quantitative estimate of drug-likeness (QED) is 0.169. The number of rotatable bonds is 14. The van der Waals surface area contributed by atoms with Gasteiger partial charge < -0.3 is 24.6 Å². The van der Waals surface area contributed by atoms with Gasteiger partial charge in [0.05, 0.1) is 30.9 Å². The van der Waals surface area contributed by atoms with Crippen LogP contribution in [0.5, 0.6) is 5.75 Å². The number of nitrogens with zero attached hydrogens (tertiary/aromatic N) is 3. The summed E-state index contributed by atoms with van der Waals surface area (Å²) in [5.41, 5.74) is 2.97. The van der Waals surface area contributed by atoms with E-state index in [9.17, 15) is 14.4 Å². The highest BCUT2D eigenvalue weighted by atomic mass is 32.1. The van der Waals surface area contributed by atoms with Crippen LogP contribution in [0.15, 0.2) is 78.9 Å². The Kier molecular flexibility index (Phi) is 12.0. The minimum absolute atomic E-state index is 0.0471. The first kappa shape index (κ1) is 34.1. The van der Waals surface area contributed by atoms with Gasteiger partial charge in [-0.1, -0.05) is 30.3 Å². The van der Waals surface area contributed by atoms with Crippen LogP contribution in [0.2, 0.25) is 0 Å². The summed E-state index contributed by atoms with van der Waals surface area (Å²) in [5, 5.41) is 3.28. The Morgan fingerprint density at radius 3 is 2.26 bits per heavy atom. The number of benzene rings is 3. The average molecular weight is 657 g/mol. The van der Waals surface area contributed by atoms with E-state index in [1.54, 1.807) is 55.5 Å². The first-order chi connectivity index (χ1) is 22.9. The summed E-state index contributed by atoms with van der Waals surface area (Å²) in [6.45, 7) is 8.04. The fourth-order valence-corrected chi connectivity index (χ4v) is 6.71. The molecule has 10 heteroatoms. The Morgan fingerprint density at radius 1 is 0.894 bits per heavy atom. The third-order valence-corrected chi connectivity index (χ3v) is 9.15. The SMILES string of the molecule is CCOC(=O)c1ccc(N2C(=O)C(CC(=O)Nc3ccc(OCC)cc3)N(CCCN3CCC(Cc4ccccc4)CC3)C2=S)cc1. The maximum Gasteiger partial charge on any atom is 0.338 e. The summed E-state index contributed by atoms with van der Waals surface area (Å²) in [6.07, 6.45) is 4.21. The molecule has 1 unspecified atom stereocenters. The second kappa shape index (κ2) is 16.5. The van der Waals surface area contributed by atoms with Gasteiger partial charge in [-0.15, -0.1) is 0 Å². The van der Waals surface area contributed by atoms with Gasteiger partial charge in [0.25, 0.3) is 5.91 Å². The van der Waals surface area contributed by atoms with Crippen LogP contribution in [0.4, 0.5) is 11.4 Å². The van der Waals surface area contributed by atoms with Crippen LogP contribution in [-0.2, 0) is 20.7 Å². The molecule has 9 nitrogen and oxygen atoms in total. The number of thiocarbonyl (C=S) groups is 1. The number of anilines is 2. The molecule has 0 aliphatic carbocycles. The van der Waals surface area contributed by atoms with Gasteiger partial charge in [0.2, 0.25) is 5.91 Å². The Bertz CT molecular complexity index is 1510. The molecule has 47 heavy (non-hydrogen) atoms. The number of hydrogen-bond acceptors (Lipinski definition) is 7. The molecule has 2 aliphatic heterocycles. The number of ether oxygens (including phenoxy) is 2. The summed E-state index contributed by atoms with van der Waals surface area (Å²) in [7, 11) is 0. The Labute approximate surface area is 282 Å². The van der Waals surface area contributed by atoms with E-state index in [1.165, 1.54) is 23.3 Å². The second-order valence-corrected chi connectivity index (χ2v) is 12.3. The van der Waals surface area contributed by atoms with Crippen molar-refractivity contribution in [3.8, 4) is 5.75 Å². The number of amides is 2. The van der Waals surface area contributed by atoms with Crippen molar-refractivity contribution in [2.24, 2.45) is 5.92 Å². The van der Waals surface area contributed by atoms with Crippen molar-refractivity contribution in [2.45, 2.75) is 52.0 Å². The molecule has 248 valence electrons. The molecule has 2 aliphatic rings. The van der Waals surface area contributed by atoms with Crippen LogP contribution >= 0.6 is 12.2 Å². The predicted molar refractivity (Wildman–Crippen MR) is 188 cm³/mol. The smallest absolute Gasteiger partial charge is 0.338 e. The van der Waals surface area contributed by atoms with E-state index in [2.05, 4.69) is 40.5 Å². The maximum absolute atomic E-state index is 13.9. The Balaban J connectivity index is 1.22. The first-order valence-electron chi connectivity index (χ1n) is 16.6. The van der Waals surface area contributed by atoms with Crippen molar-refractivity contribution in [2.75, 3.05) is 49.6 Å². The maximum atomic E-state index is 13.9. The zero-order valence-corrected chi connectivity index (χ0v) is 28.0. The second-order valence-electron chi connectivity index (χ2n) is 12.0. The van der Waals surface area contributed by atoms with Crippen molar-refractivity contribution in [1.29, 1.82) is 0 Å². The topological polar surface area (TPSA) is 91.4 Å². The standard InChI is InChI=1S/C37H44N4O5S/c1-3-45-32-17-13-30(14-18-32)38-34(42)26-33-35(43)41(31-15-11-29(12-16-31)36(44)46-4-2)37(47)40(33)22-8-21-39-23-19-28(20-24-39)25-27-9-6-5-7-10-27/h5-7,9-18,28,33H,3-4,8,19-26H2,1-2H3,(H,38,42). The monoisotopic (exact) mass is 656 g/mol. The summed E-state index contributed by atoms with van der Waals surface area (Å²) in [4.78, 5) is 45.2. The van der Waals surface area contributed by atoms with Crippen molar-refractivity contribution in [3.63, 3.8) is 0 Å². The first-order valence-corrected chi connectivity index (χ1v) is 17.0. The molecule has 3 aromatic rings. The third kappa shape index (κ3) is 8.96. The van der Waals surface area contributed by atoms with Crippen molar-refractivity contribution in [3.05, 3.63) is 90.0 Å². The molecule has 3 aromatic carbocycles. The van der Waals surface area contributed by atoms with Gasteiger partial charge in [-0.25, -0.2) is 4.79 Å². The van der Waals surface area contributed by atoms with Crippen LogP contribution in [0.25, 0.3) is 0 Å². The van der Waals surface area contributed by atoms with E-state index in [4.69, 9.17) is 21.7 Å². The normalized spacial score (nSPS) is 17.2. The van der Waals surface area contributed by atoms with Gasteiger partial charge in [0.15, 0.2) is 5.11 Å². The highest BCUT2D eigenvalue weighted by Gasteiger charge is 2.44. The molecular formula is C37H44N4O5S. The molecule has 0 radical (unpaired) electrons. The largest absolute Gasteiger partial charge is 0.494 e. The van der Waals surface area contributed by atoms with Gasteiger partial charge in [-0.2, -0.15) is 0 Å². The number of likely N-dealkylation sites (tertiary alicyclic amines) is 1. The van der Waals surface area contributed by atoms with Crippen LogP contribution in [-0.4, -0.2) is 78.1 Å². The lowest BCUT2D eigenvalue weighted by Crippen LogP contribution is -2.40. The molecule has 0 spiro atoms. The molecule has 1 N–H and O–H groups in total. The number of carbonyl (C=O) groups is 3. The summed E-state index contributed by atoms with van der Waals surface area (Å²) >= 11 is 5.87. The number of piperidine rings is 1.